The Morgan fingerprint density at radius 2 is 1.83 bits per heavy atom. The van der Waals surface area contributed by atoms with E-state index in [2.05, 4.69) is 21.9 Å². The Labute approximate surface area is 168 Å². The second-order valence-electron chi connectivity index (χ2n) is 5.98. The summed E-state index contributed by atoms with van der Waals surface area (Å²) in [5, 5.41) is 8.22. The van der Waals surface area contributed by atoms with Crippen molar-refractivity contribution in [3.05, 3.63) is 77.9 Å². The van der Waals surface area contributed by atoms with E-state index in [1.54, 1.807) is 25.3 Å². The zero-order valence-corrected chi connectivity index (χ0v) is 16.4. The van der Waals surface area contributed by atoms with Crippen molar-refractivity contribution in [2.24, 2.45) is 4.99 Å². The highest BCUT2D eigenvalue weighted by atomic mass is 19.1. The fraction of sp³-hybridized carbons (Fsp3) is 0.190. The van der Waals surface area contributed by atoms with Crippen LogP contribution in [0.5, 0.6) is 5.75 Å². The first-order valence-corrected chi connectivity index (χ1v) is 8.73. The highest BCUT2D eigenvalue weighted by molar-refractivity contribution is 5.96. The van der Waals surface area contributed by atoms with E-state index in [1.165, 1.54) is 25.0 Å². The molecule has 1 heterocycles. The molecule has 0 spiro atoms. The largest absolute Gasteiger partial charge is 0.497 e. The van der Waals surface area contributed by atoms with Crippen LogP contribution in [0.4, 0.5) is 4.39 Å². The summed E-state index contributed by atoms with van der Waals surface area (Å²) in [5.41, 5.74) is 2.35. The summed E-state index contributed by atoms with van der Waals surface area (Å²) in [4.78, 5) is 4.46. The first kappa shape index (κ1) is 20.2. The van der Waals surface area contributed by atoms with Gasteiger partial charge in [-0.2, -0.15) is 0 Å². The Kier molecular flexibility index (Phi) is 6.36. The number of ether oxygens (including phenoxy) is 3. The van der Waals surface area contributed by atoms with Crippen molar-refractivity contribution in [2.45, 2.75) is 6.61 Å². The Bertz CT molecular complexity index is 1030. The molecule has 0 N–H and O–H groups in total. The number of methoxy groups -OCH3 is 3. The molecule has 0 saturated heterocycles. The molecular weight excluding hydrogens is 375 g/mol. The van der Waals surface area contributed by atoms with E-state index in [-0.39, 0.29) is 18.2 Å². The van der Waals surface area contributed by atoms with Crippen LogP contribution >= 0.6 is 0 Å². The maximum absolute atomic E-state index is 14.3. The van der Waals surface area contributed by atoms with Gasteiger partial charge in [0.25, 0.3) is 0 Å². The molecule has 0 amide bonds. The molecule has 0 saturated carbocycles. The Morgan fingerprint density at radius 1 is 1.10 bits per heavy atom. The Hall–Kier alpha value is -3.52. The van der Waals surface area contributed by atoms with Gasteiger partial charge in [0.15, 0.2) is 5.69 Å². The molecule has 0 bridgehead atoms. The molecule has 3 aromatic rings. The van der Waals surface area contributed by atoms with Gasteiger partial charge in [-0.05, 0) is 42.0 Å². The first-order valence-electron chi connectivity index (χ1n) is 8.73. The van der Waals surface area contributed by atoms with Crippen molar-refractivity contribution in [3.63, 3.8) is 0 Å². The Balaban J connectivity index is 2.01. The second kappa shape index (κ2) is 9.11. The minimum Gasteiger partial charge on any atom is -0.497 e. The predicted octanol–water partition coefficient (Wildman–Crippen LogP) is 3.63. The molecule has 7 nitrogen and oxygen atoms in total. The summed E-state index contributed by atoms with van der Waals surface area (Å²) in [6.45, 7) is 4.13. The van der Waals surface area contributed by atoms with Gasteiger partial charge < -0.3 is 14.2 Å². The normalized spacial score (nSPS) is 11.4. The zero-order valence-electron chi connectivity index (χ0n) is 16.4. The third-order valence-corrected chi connectivity index (χ3v) is 4.18. The van der Waals surface area contributed by atoms with Gasteiger partial charge in [0.2, 0.25) is 5.90 Å². The molecule has 150 valence electrons. The molecule has 0 radical (unpaired) electrons. The minimum absolute atomic E-state index is 0.133. The molecule has 0 atom stereocenters. The van der Waals surface area contributed by atoms with E-state index in [9.17, 15) is 4.39 Å². The quantitative estimate of drug-likeness (QED) is 0.451. The lowest BCUT2D eigenvalue weighted by molar-refractivity contribution is 0.178. The van der Waals surface area contributed by atoms with Crippen LogP contribution < -0.4 is 4.74 Å². The fourth-order valence-corrected chi connectivity index (χ4v) is 2.72. The van der Waals surface area contributed by atoms with Crippen LogP contribution in [0.3, 0.4) is 0 Å². The number of halogens is 1. The van der Waals surface area contributed by atoms with Crippen LogP contribution in [-0.4, -0.2) is 42.2 Å². The standard InChI is InChI=1S/C21H21FN4O3/c1-14(15-9-11-16(28-3)12-10-15)23-21(29-4)20-19(13-27-2)26(25-24-20)18-8-6-5-7-17(18)22/h5-12H,1,13H2,2-4H3/b23-21-. The fourth-order valence-electron chi connectivity index (χ4n) is 2.72. The molecular formula is C21H21FN4O3. The molecule has 1 aromatic heterocycles. The maximum atomic E-state index is 14.3. The number of hydrogen-bond acceptors (Lipinski definition) is 6. The smallest absolute Gasteiger partial charge is 0.244 e. The van der Waals surface area contributed by atoms with Crippen molar-refractivity contribution in [2.75, 3.05) is 21.3 Å². The molecule has 0 aliphatic rings. The molecule has 0 fully saturated rings. The van der Waals surface area contributed by atoms with Crippen LogP contribution in [0, 0.1) is 5.82 Å². The topological polar surface area (TPSA) is 70.8 Å². The third kappa shape index (κ3) is 4.33. The van der Waals surface area contributed by atoms with Gasteiger partial charge in [0.1, 0.15) is 22.9 Å². The number of nitrogens with zero attached hydrogens (tertiary/aromatic N) is 4. The van der Waals surface area contributed by atoms with Crippen LogP contribution in [0.25, 0.3) is 11.4 Å². The number of aromatic nitrogens is 3. The highest BCUT2D eigenvalue weighted by Gasteiger charge is 2.21. The van der Waals surface area contributed by atoms with Gasteiger partial charge in [0, 0.05) is 7.11 Å². The SMILES string of the molecule is C=C(/N=C(\OC)c1nnn(-c2ccccc2F)c1COC)c1ccc(OC)cc1. The lowest BCUT2D eigenvalue weighted by atomic mass is 10.2. The Morgan fingerprint density at radius 3 is 2.45 bits per heavy atom. The molecule has 29 heavy (non-hydrogen) atoms. The van der Waals surface area contributed by atoms with Gasteiger partial charge in [0.05, 0.1) is 26.5 Å². The second-order valence-corrected chi connectivity index (χ2v) is 5.98. The summed E-state index contributed by atoms with van der Waals surface area (Å²) < 4.78 is 31.5. The van der Waals surface area contributed by atoms with Crippen molar-refractivity contribution >= 4 is 11.6 Å². The average Bonchev–Trinajstić information content (AvgIpc) is 3.15. The lowest BCUT2D eigenvalue weighted by Crippen LogP contribution is -2.11. The summed E-state index contributed by atoms with van der Waals surface area (Å²) in [6.07, 6.45) is 0. The average molecular weight is 396 g/mol. The van der Waals surface area contributed by atoms with Crippen molar-refractivity contribution in [1.29, 1.82) is 0 Å². The number of para-hydroxylation sites is 1. The maximum Gasteiger partial charge on any atom is 0.244 e. The van der Waals surface area contributed by atoms with Crippen LogP contribution in [0.1, 0.15) is 17.0 Å². The van der Waals surface area contributed by atoms with Crippen molar-refractivity contribution in [1.82, 2.24) is 15.0 Å². The molecule has 8 heteroatoms. The zero-order chi connectivity index (χ0) is 20.8. The number of aliphatic imine (C=N–C) groups is 1. The number of rotatable bonds is 7. The summed E-state index contributed by atoms with van der Waals surface area (Å²) in [6, 6.07) is 13.6. The lowest BCUT2D eigenvalue weighted by Gasteiger charge is -2.09. The molecule has 2 aromatic carbocycles. The molecule has 0 aliphatic heterocycles. The summed E-state index contributed by atoms with van der Waals surface area (Å²) in [7, 11) is 4.60. The first-order chi connectivity index (χ1) is 14.1. The van der Waals surface area contributed by atoms with Gasteiger partial charge >= 0.3 is 0 Å². The van der Waals surface area contributed by atoms with E-state index in [0.717, 1.165) is 11.3 Å². The van der Waals surface area contributed by atoms with E-state index in [1.807, 2.05) is 24.3 Å². The van der Waals surface area contributed by atoms with Gasteiger partial charge in [-0.1, -0.05) is 23.9 Å². The van der Waals surface area contributed by atoms with E-state index < -0.39 is 5.82 Å². The summed E-state index contributed by atoms with van der Waals surface area (Å²) in [5.74, 6) is 0.494. The van der Waals surface area contributed by atoms with Crippen molar-refractivity contribution in [3.8, 4) is 11.4 Å². The highest BCUT2D eigenvalue weighted by Crippen LogP contribution is 2.22. The summed E-state index contributed by atoms with van der Waals surface area (Å²) >= 11 is 0. The van der Waals surface area contributed by atoms with E-state index >= 15 is 0 Å². The van der Waals surface area contributed by atoms with Crippen molar-refractivity contribution < 1.29 is 18.6 Å². The monoisotopic (exact) mass is 396 g/mol. The van der Waals surface area contributed by atoms with Gasteiger partial charge in [-0.3, -0.25) is 0 Å². The van der Waals surface area contributed by atoms with Crippen LogP contribution in [-0.2, 0) is 16.1 Å². The predicted molar refractivity (Wildman–Crippen MR) is 108 cm³/mol. The van der Waals surface area contributed by atoms with E-state index in [4.69, 9.17) is 14.2 Å². The molecule has 0 unspecified atom stereocenters. The van der Waals surface area contributed by atoms with Gasteiger partial charge in [-0.25, -0.2) is 14.1 Å². The molecule has 0 aliphatic carbocycles. The van der Waals surface area contributed by atoms with E-state index in [0.29, 0.717) is 17.1 Å². The number of hydrogen-bond donors (Lipinski definition) is 0. The van der Waals surface area contributed by atoms with Crippen LogP contribution in [0.15, 0.2) is 60.1 Å². The van der Waals surface area contributed by atoms with Crippen LogP contribution in [0.2, 0.25) is 0 Å². The number of benzene rings is 2. The third-order valence-electron chi connectivity index (χ3n) is 4.18. The minimum atomic E-state index is -0.431. The molecule has 3 rings (SSSR count). The van der Waals surface area contributed by atoms with Gasteiger partial charge in [-0.15, -0.1) is 5.10 Å².